The van der Waals surface area contributed by atoms with E-state index in [1.807, 2.05) is 0 Å². The van der Waals surface area contributed by atoms with Crippen LogP contribution in [0.4, 0.5) is 0 Å². The fraction of sp³-hybridized carbons (Fsp3) is 1.00. The lowest BCUT2D eigenvalue weighted by molar-refractivity contribution is -0.136. The van der Waals surface area contributed by atoms with E-state index in [9.17, 15) is 10.4 Å². The third kappa shape index (κ3) is 11.9. The molecule has 1 unspecified atom stereocenters. The summed E-state index contributed by atoms with van der Waals surface area (Å²) in [4.78, 5) is 2.39. The van der Waals surface area contributed by atoms with Crippen LogP contribution in [0, 0.1) is 0 Å². The molecule has 0 rings (SSSR count). The van der Waals surface area contributed by atoms with Gasteiger partial charge >= 0.3 is 0 Å². The zero-order valence-corrected chi connectivity index (χ0v) is 16.0. The van der Waals surface area contributed by atoms with E-state index in [4.69, 9.17) is 0 Å². The Morgan fingerprint density at radius 3 is 1.83 bits per heavy atom. The van der Waals surface area contributed by atoms with Crippen molar-refractivity contribution in [2.45, 2.75) is 78.7 Å². The van der Waals surface area contributed by atoms with Crippen LogP contribution in [0.5, 0.6) is 0 Å². The summed E-state index contributed by atoms with van der Waals surface area (Å²) in [5.41, 5.74) is 0. The summed E-state index contributed by atoms with van der Waals surface area (Å²) in [7, 11) is 0. The van der Waals surface area contributed by atoms with Gasteiger partial charge in [-0.3, -0.25) is 0 Å². The van der Waals surface area contributed by atoms with Crippen LogP contribution in [0.25, 0.3) is 0 Å². The molecule has 0 aliphatic heterocycles. The maximum absolute atomic E-state index is 10.3. The fourth-order valence-corrected chi connectivity index (χ4v) is 2.62. The van der Waals surface area contributed by atoms with Crippen molar-refractivity contribution in [3.63, 3.8) is 0 Å². The van der Waals surface area contributed by atoms with Gasteiger partial charge in [0.15, 0.2) is 0 Å². The average Bonchev–Trinajstić information content (AvgIpc) is 2.56. The molecule has 0 aliphatic carbocycles. The highest BCUT2D eigenvalue weighted by Crippen LogP contribution is 2.08. The lowest BCUT2D eigenvalue weighted by Crippen LogP contribution is -2.45. The number of unbranched alkanes of at least 4 members (excludes halogenated alkanes) is 3. The van der Waals surface area contributed by atoms with Crippen molar-refractivity contribution >= 4 is 0 Å². The zero-order chi connectivity index (χ0) is 17.5. The smallest absolute Gasteiger partial charge is 0.0474 e. The van der Waals surface area contributed by atoms with Crippen LogP contribution in [0.15, 0.2) is 0 Å². The van der Waals surface area contributed by atoms with Crippen molar-refractivity contribution in [2.24, 2.45) is 0 Å². The molecule has 0 saturated heterocycles. The third-order valence-electron chi connectivity index (χ3n) is 4.37. The predicted octanol–water partition coefficient (Wildman–Crippen LogP) is 3.85. The highest BCUT2D eigenvalue weighted by atomic mass is 16.5. The van der Waals surface area contributed by atoms with Crippen LogP contribution < -0.4 is 0 Å². The van der Waals surface area contributed by atoms with Gasteiger partial charge in [-0.25, -0.2) is 0 Å². The molecule has 5 nitrogen and oxygen atoms in total. The number of hydrogen-bond acceptors (Lipinski definition) is 5. The molecule has 0 aliphatic rings. The summed E-state index contributed by atoms with van der Waals surface area (Å²) in [6, 6.07) is 0.182. The molecule has 140 valence electrons. The van der Waals surface area contributed by atoms with Gasteiger partial charge in [0.2, 0.25) is 0 Å². The number of rotatable bonds is 16. The van der Waals surface area contributed by atoms with Crippen LogP contribution in [-0.4, -0.2) is 70.8 Å². The molecule has 23 heavy (non-hydrogen) atoms. The van der Waals surface area contributed by atoms with Crippen molar-refractivity contribution in [2.75, 3.05) is 39.3 Å². The minimum Gasteiger partial charge on any atom is -0.314 e. The molecule has 2 N–H and O–H groups in total. The maximum Gasteiger partial charge on any atom is 0.0474 e. The van der Waals surface area contributed by atoms with Gasteiger partial charge < -0.3 is 15.3 Å². The largest absolute Gasteiger partial charge is 0.314 e. The Morgan fingerprint density at radius 2 is 1.26 bits per heavy atom. The van der Waals surface area contributed by atoms with E-state index < -0.39 is 0 Å². The van der Waals surface area contributed by atoms with Gasteiger partial charge in [0.1, 0.15) is 0 Å². The molecule has 0 radical (unpaired) electrons. The first-order valence-electron chi connectivity index (χ1n) is 9.70. The molecule has 0 heterocycles. The molecular formula is C18H41N3O2. The highest BCUT2D eigenvalue weighted by Gasteiger charge is 2.18. The molecule has 0 amide bonds. The van der Waals surface area contributed by atoms with Crippen molar-refractivity contribution in [1.82, 2.24) is 15.0 Å². The van der Waals surface area contributed by atoms with Crippen LogP contribution in [0.3, 0.4) is 0 Å². The standard InChI is InChI=1S/C18H41N3O2/c1-5-9-12-19(15-16-20(22)13-10-6-2)17-18(8-4)21(23)14-11-7-3/h18,22-23H,5-17H2,1-4H3. The second-order valence-corrected chi connectivity index (χ2v) is 6.54. The quantitative estimate of drug-likeness (QED) is 0.421. The van der Waals surface area contributed by atoms with Gasteiger partial charge in [-0.1, -0.05) is 47.0 Å². The van der Waals surface area contributed by atoms with Gasteiger partial charge in [-0.05, 0) is 32.2 Å². The van der Waals surface area contributed by atoms with Crippen LogP contribution in [0.1, 0.15) is 72.6 Å². The Morgan fingerprint density at radius 1 is 0.696 bits per heavy atom. The number of nitrogens with zero attached hydrogens (tertiary/aromatic N) is 3. The second-order valence-electron chi connectivity index (χ2n) is 6.54. The molecule has 1 atom stereocenters. The van der Waals surface area contributed by atoms with E-state index in [2.05, 4.69) is 32.6 Å². The first-order chi connectivity index (χ1) is 11.1. The van der Waals surface area contributed by atoms with E-state index in [0.717, 1.165) is 71.2 Å². The number of hydroxylamine groups is 4. The van der Waals surface area contributed by atoms with Crippen LogP contribution in [-0.2, 0) is 0 Å². The highest BCUT2D eigenvalue weighted by molar-refractivity contribution is 4.71. The maximum atomic E-state index is 10.3. The minimum atomic E-state index is 0.182. The molecule has 0 bridgehead atoms. The van der Waals surface area contributed by atoms with Gasteiger partial charge in [0.25, 0.3) is 0 Å². The molecule has 5 heteroatoms. The SMILES string of the molecule is CCCCN(O)CCN(CCCC)CC(CC)N(O)CCCC. The Balaban J connectivity index is 4.37. The monoisotopic (exact) mass is 331 g/mol. The molecule has 0 spiro atoms. The Kier molecular flexibility index (Phi) is 15.2. The average molecular weight is 332 g/mol. The molecule has 0 aromatic heterocycles. The van der Waals surface area contributed by atoms with E-state index in [-0.39, 0.29) is 6.04 Å². The van der Waals surface area contributed by atoms with Gasteiger partial charge in [0, 0.05) is 38.8 Å². The van der Waals surface area contributed by atoms with Gasteiger partial charge in [-0.15, -0.1) is 0 Å². The summed E-state index contributed by atoms with van der Waals surface area (Å²) in [6.07, 6.45) is 7.55. The summed E-state index contributed by atoms with van der Waals surface area (Å²) in [6.45, 7) is 13.6. The first-order valence-corrected chi connectivity index (χ1v) is 9.70. The second kappa shape index (κ2) is 15.3. The zero-order valence-electron chi connectivity index (χ0n) is 16.0. The Hall–Kier alpha value is -0.200. The Bertz CT molecular complexity index is 254. The predicted molar refractivity (Wildman–Crippen MR) is 97.1 cm³/mol. The lowest BCUT2D eigenvalue weighted by atomic mass is 10.1. The lowest BCUT2D eigenvalue weighted by Gasteiger charge is -2.32. The number of hydrogen-bond donors (Lipinski definition) is 2. The molecule has 0 fully saturated rings. The normalized spacial score (nSPS) is 13.4. The van der Waals surface area contributed by atoms with Crippen molar-refractivity contribution in [1.29, 1.82) is 0 Å². The summed E-state index contributed by atoms with van der Waals surface area (Å²) in [5.74, 6) is 0. The van der Waals surface area contributed by atoms with Crippen LogP contribution in [0.2, 0.25) is 0 Å². The van der Waals surface area contributed by atoms with Gasteiger partial charge in [0.05, 0.1) is 0 Å². The van der Waals surface area contributed by atoms with Crippen molar-refractivity contribution in [3.8, 4) is 0 Å². The molecule has 0 saturated carbocycles. The van der Waals surface area contributed by atoms with Gasteiger partial charge in [-0.2, -0.15) is 10.1 Å². The summed E-state index contributed by atoms with van der Waals surface area (Å²) >= 11 is 0. The Labute approximate surface area is 144 Å². The van der Waals surface area contributed by atoms with Crippen molar-refractivity contribution < 1.29 is 10.4 Å². The third-order valence-corrected chi connectivity index (χ3v) is 4.37. The summed E-state index contributed by atoms with van der Waals surface area (Å²) < 4.78 is 0. The molecule has 0 aromatic carbocycles. The molecule has 0 aromatic rings. The summed E-state index contributed by atoms with van der Waals surface area (Å²) in [5, 5.41) is 23.1. The topological polar surface area (TPSA) is 50.2 Å². The fourth-order valence-electron chi connectivity index (χ4n) is 2.62. The van der Waals surface area contributed by atoms with E-state index in [1.54, 1.807) is 0 Å². The minimum absolute atomic E-state index is 0.182. The van der Waals surface area contributed by atoms with E-state index in [1.165, 1.54) is 16.5 Å². The van der Waals surface area contributed by atoms with E-state index in [0.29, 0.717) is 6.54 Å². The molecular weight excluding hydrogens is 290 g/mol. The van der Waals surface area contributed by atoms with Crippen LogP contribution >= 0.6 is 0 Å². The van der Waals surface area contributed by atoms with E-state index >= 15 is 0 Å². The first kappa shape index (κ1) is 22.8. The van der Waals surface area contributed by atoms with Crippen molar-refractivity contribution in [3.05, 3.63) is 0 Å².